The molecule has 1 aromatic heterocycles. The van der Waals surface area contributed by atoms with Crippen LogP contribution in [0.15, 0.2) is 18.2 Å². The first-order valence-corrected chi connectivity index (χ1v) is 7.49. The Balaban J connectivity index is 2.24. The van der Waals surface area contributed by atoms with Crippen molar-refractivity contribution >= 4 is 17.3 Å². The summed E-state index contributed by atoms with van der Waals surface area (Å²) in [4.78, 5) is 0. The molecule has 5 heteroatoms. The normalized spacial score (nSPS) is 12.3. The van der Waals surface area contributed by atoms with E-state index in [-0.39, 0.29) is 6.04 Å². The minimum atomic E-state index is 0.162. The molecule has 0 saturated heterocycles. The van der Waals surface area contributed by atoms with Crippen LogP contribution < -0.4 is 10.1 Å². The lowest BCUT2D eigenvalue weighted by molar-refractivity contribution is 0.415. The first-order chi connectivity index (χ1) is 9.97. The molecule has 0 radical (unpaired) electrons. The Morgan fingerprint density at radius 2 is 2.10 bits per heavy atom. The molecule has 1 atom stereocenters. The number of hydrogen-bond acceptors (Lipinski definition) is 3. The van der Waals surface area contributed by atoms with Gasteiger partial charge in [-0.2, -0.15) is 5.10 Å². The van der Waals surface area contributed by atoms with Gasteiger partial charge in [-0.25, -0.2) is 0 Å². The second-order valence-corrected chi connectivity index (χ2v) is 5.52. The number of aryl methyl sites for hydroxylation is 2. The third kappa shape index (κ3) is 3.16. The molecule has 0 aliphatic rings. The van der Waals surface area contributed by atoms with Crippen LogP contribution in [0.2, 0.25) is 5.02 Å². The van der Waals surface area contributed by atoms with Gasteiger partial charge in [-0.15, -0.1) is 0 Å². The molecule has 0 saturated carbocycles. The van der Waals surface area contributed by atoms with E-state index in [1.54, 1.807) is 7.11 Å². The first kappa shape index (κ1) is 15.7. The van der Waals surface area contributed by atoms with E-state index in [0.29, 0.717) is 10.8 Å². The number of halogens is 1. The second kappa shape index (κ2) is 6.39. The fourth-order valence-corrected chi connectivity index (χ4v) is 2.98. The molecule has 0 spiro atoms. The van der Waals surface area contributed by atoms with Gasteiger partial charge in [0.1, 0.15) is 5.75 Å². The summed E-state index contributed by atoms with van der Waals surface area (Å²) < 4.78 is 7.20. The lowest BCUT2D eigenvalue weighted by Crippen LogP contribution is -2.09. The van der Waals surface area contributed by atoms with E-state index >= 15 is 0 Å². The molecule has 0 amide bonds. The van der Waals surface area contributed by atoms with Crippen molar-refractivity contribution in [1.82, 2.24) is 9.78 Å². The van der Waals surface area contributed by atoms with Gasteiger partial charge in [0, 0.05) is 23.5 Å². The average molecular weight is 308 g/mol. The van der Waals surface area contributed by atoms with E-state index in [1.807, 2.05) is 29.8 Å². The van der Waals surface area contributed by atoms with Crippen molar-refractivity contribution in [3.8, 4) is 5.75 Å². The SMILES string of the molecule is CCn1nc(C)c(C(C)Nc2ccc(OC)c(Cl)c2)c1C. The van der Waals surface area contributed by atoms with Crippen molar-refractivity contribution in [3.63, 3.8) is 0 Å². The van der Waals surface area contributed by atoms with Crippen LogP contribution in [0, 0.1) is 13.8 Å². The van der Waals surface area contributed by atoms with E-state index in [4.69, 9.17) is 16.3 Å². The molecule has 1 N–H and O–H groups in total. The zero-order valence-electron chi connectivity index (χ0n) is 13.2. The highest BCUT2D eigenvalue weighted by molar-refractivity contribution is 6.32. The van der Waals surface area contributed by atoms with Crippen LogP contribution in [0.5, 0.6) is 5.75 Å². The summed E-state index contributed by atoms with van der Waals surface area (Å²) in [5, 5.41) is 8.65. The van der Waals surface area contributed by atoms with Gasteiger partial charge in [-0.05, 0) is 45.9 Å². The van der Waals surface area contributed by atoms with Crippen LogP contribution in [0.1, 0.15) is 36.8 Å². The summed E-state index contributed by atoms with van der Waals surface area (Å²) >= 11 is 6.17. The first-order valence-electron chi connectivity index (χ1n) is 7.11. The van der Waals surface area contributed by atoms with Gasteiger partial charge in [0.2, 0.25) is 0 Å². The zero-order chi connectivity index (χ0) is 15.6. The molecule has 21 heavy (non-hydrogen) atoms. The van der Waals surface area contributed by atoms with Gasteiger partial charge in [0.25, 0.3) is 0 Å². The smallest absolute Gasteiger partial charge is 0.137 e. The standard InChI is InChI=1S/C16H22ClN3O/c1-6-20-12(4)16(11(3)19-20)10(2)18-13-7-8-15(21-5)14(17)9-13/h7-10,18H,6H2,1-5H3. The topological polar surface area (TPSA) is 39.1 Å². The fraction of sp³-hybridized carbons (Fsp3) is 0.438. The number of nitrogens with one attached hydrogen (secondary N) is 1. The van der Waals surface area contributed by atoms with Crippen LogP contribution in [0.4, 0.5) is 5.69 Å². The third-order valence-corrected chi connectivity index (χ3v) is 4.00. The Hall–Kier alpha value is -1.68. The Morgan fingerprint density at radius 3 is 2.62 bits per heavy atom. The Bertz CT molecular complexity index is 637. The summed E-state index contributed by atoms with van der Waals surface area (Å²) in [5.41, 5.74) is 4.48. The van der Waals surface area contributed by atoms with E-state index in [9.17, 15) is 0 Å². The number of methoxy groups -OCH3 is 1. The molecule has 1 heterocycles. The summed E-state index contributed by atoms with van der Waals surface area (Å²) in [6.07, 6.45) is 0. The summed E-state index contributed by atoms with van der Waals surface area (Å²) in [7, 11) is 1.61. The second-order valence-electron chi connectivity index (χ2n) is 5.12. The van der Waals surface area contributed by atoms with Crippen LogP contribution in [-0.2, 0) is 6.54 Å². The fourth-order valence-electron chi connectivity index (χ4n) is 2.72. The maximum absolute atomic E-state index is 6.17. The van der Waals surface area contributed by atoms with E-state index in [0.717, 1.165) is 17.9 Å². The highest BCUT2D eigenvalue weighted by Crippen LogP contribution is 2.30. The number of benzene rings is 1. The van der Waals surface area contributed by atoms with Gasteiger partial charge in [-0.3, -0.25) is 4.68 Å². The van der Waals surface area contributed by atoms with Gasteiger partial charge in [0.05, 0.1) is 23.9 Å². The van der Waals surface area contributed by atoms with Crippen molar-refractivity contribution in [3.05, 3.63) is 40.2 Å². The summed E-state index contributed by atoms with van der Waals surface area (Å²) in [6, 6.07) is 5.88. The van der Waals surface area contributed by atoms with Gasteiger partial charge < -0.3 is 10.1 Å². The van der Waals surface area contributed by atoms with Crippen molar-refractivity contribution in [2.24, 2.45) is 0 Å². The van der Waals surface area contributed by atoms with E-state index in [2.05, 4.69) is 31.2 Å². The molecule has 2 rings (SSSR count). The number of ether oxygens (including phenoxy) is 1. The lowest BCUT2D eigenvalue weighted by atomic mass is 10.1. The van der Waals surface area contributed by atoms with Gasteiger partial charge in [0.15, 0.2) is 0 Å². The molecule has 0 aliphatic carbocycles. The molecule has 2 aromatic rings. The third-order valence-electron chi connectivity index (χ3n) is 3.70. The van der Waals surface area contributed by atoms with Crippen LogP contribution >= 0.6 is 11.6 Å². The van der Waals surface area contributed by atoms with Crippen molar-refractivity contribution < 1.29 is 4.74 Å². The van der Waals surface area contributed by atoms with Crippen LogP contribution in [0.25, 0.3) is 0 Å². The predicted molar refractivity (Wildman–Crippen MR) is 87.4 cm³/mol. The van der Waals surface area contributed by atoms with Crippen molar-refractivity contribution in [2.75, 3.05) is 12.4 Å². The maximum atomic E-state index is 6.17. The Morgan fingerprint density at radius 1 is 1.38 bits per heavy atom. The number of hydrogen-bond donors (Lipinski definition) is 1. The Labute approximate surface area is 131 Å². The highest BCUT2D eigenvalue weighted by Gasteiger charge is 2.17. The van der Waals surface area contributed by atoms with E-state index < -0.39 is 0 Å². The van der Waals surface area contributed by atoms with Crippen LogP contribution in [0.3, 0.4) is 0 Å². The maximum Gasteiger partial charge on any atom is 0.137 e. The number of anilines is 1. The largest absolute Gasteiger partial charge is 0.495 e. The molecule has 1 aromatic carbocycles. The molecule has 0 aliphatic heterocycles. The number of nitrogens with zero attached hydrogens (tertiary/aromatic N) is 2. The number of aromatic nitrogens is 2. The molecular formula is C16H22ClN3O. The summed E-state index contributed by atoms with van der Waals surface area (Å²) in [5.74, 6) is 0.682. The molecule has 0 fully saturated rings. The molecule has 0 bridgehead atoms. The highest BCUT2D eigenvalue weighted by atomic mass is 35.5. The zero-order valence-corrected chi connectivity index (χ0v) is 14.0. The number of rotatable bonds is 5. The van der Waals surface area contributed by atoms with Gasteiger partial charge >= 0.3 is 0 Å². The van der Waals surface area contributed by atoms with Crippen LogP contribution in [-0.4, -0.2) is 16.9 Å². The monoisotopic (exact) mass is 307 g/mol. The van der Waals surface area contributed by atoms with E-state index in [1.165, 1.54) is 11.3 Å². The summed E-state index contributed by atoms with van der Waals surface area (Å²) in [6.45, 7) is 9.28. The van der Waals surface area contributed by atoms with Crippen molar-refractivity contribution in [1.29, 1.82) is 0 Å². The molecular weight excluding hydrogens is 286 g/mol. The van der Waals surface area contributed by atoms with Gasteiger partial charge in [-0.1, -0.05) is 11.6 Å². The minimum absolute atomic E-state index is 0.162. The lowest BCUT2D eigenvalue weighted by Gasteiger charge is -2.17. The molecule has 114 valence electrons. The average Bonchev–Trinajstić information content (AvgIpc) is 2.73. The Kier molecular flexibility index (Phi) is 4.78. The van der Waals surface area contributed by atoms with Crippen molar-refractivity contribution in [2.45, 2.75) is 40.3 Å². The minimum Gasteiger partial charge on any atom is -0.495 e. The predicted octanol–water partition coefficient (Wildman–Crippen LogP) is 4.35. The molecule has 1 unspecified atom stereocenters. The molecule has 4 nitrogen and oxygen atoms in total. The quantitative estimate of drug-likeness (QED) is 0.892.